The largest absolute Gasteiger partial charge is 0.395 e. The van der Waals surface area contributed by atoms with Gasteiger partial charge in [-0.1, -0.05) is 18.2 Å². The number of aliphatic hydroxyl groups excluding tert-OH is 1. The van der Waals surface area contributed by atoms with Crippen molar-refractivity contribution < 1.29 is 5.11 Å². The van der Waals surface area contributed by atoms with Crippen molar-refractivity contribution in [3.05, 3.63) is 30.3 Å². The van der Waals surface area contributed by atoms with Gasteiger partial charge in [0.25, 0.3) is 0 Å². The van der Waals surface area contributed by atoms with Crippen LogP contribution in [0.2, 0.25) is 0 Å². The summed E-state index contributed by atoms with van der Waals surface area (Å²) < 4.78 is 0. The van der Waals surface area contributed by atoms with Crippen LogP contribution < -0.4 is 0 Å². The zero-order valence-corrected chi connectivity index (χ0v) is 8.18. The van der Waals surface area contributed by atoms with Gasteiger partial charge in [-0.25, -0.2) is 0 Å². The number of benzene rings is 1. The molecular formula is C9H11ClOS. The zero-order valence-electron chi connectivity index (χ0n) is 6.61. The molecule has 12 heavy (non-hydrogen) atoms. The summed E-state index contributed by atoms with van der Waals surface area (Å²) in [5.74, 6) is 0.752. The van der Waals surface area contributed by atoms with Crippen LogP contribution >= 0.6 is 23.4 Å². The Morgan fingerprint density at radius 3 is 2.58 bits per heavy atom. The van der Waals surface area contributed by atoms with Crippen LogP contribution in [-0.2, 0) is 0 Å². The first-order valence-corrected chi connectivity index (χ1v) is 5.18. The molecule has 0 aliphatic carbocycles. The Kier molecular flexibility index (Phi) is 4.51. The fourth-order valence-electron chi connectivity index (χ4n) is 0.756. The Labute approximate surface area is 81.7 Å². The molecule has 1 N–H and O–H groups in total. The molecule has 3 heteroatoms. The van der Waals surface area contributed by atoms with Gasteiger partial charge in [-0.2, -0.15) is 0 Å². The monoisotopic (exact) mass is 202 g/mol. The SMILES string of the molecule is OCC(Cl)CSc1ccccc1. The lowest BCUT2D eigenvalue weighted by Gasteiger charge is -2.04. The molecule has 1 aromatic rings. The minimum absolute atomic E-state index is 0.0430. The van der Waals surface area contributed by atoms with E-state index in [2.05, 4.69) is 0 Å². The van der Waals surface area contributed by atoms with Crippen LogP contribution in [-0.4, -0.2) is 22.8 Å². The molecule has 0 fully saturated rings. The van der Waals surface area contributed by atoms with E-state index in [0.717, 1.165) is 5.75 Å². The summed E-state index contributed by atoms with van der Waals surface area (Å²) in [6, 6.07) is 10.0. The van der Waals surface area contributed by atoms with Crippen LogP contribution in [0.15, 0.2) is 35.2 Å². The predicted molar refractivity (Wildman–Crippen MR) is 53.9 cm³/mol. The van der Waals surface area contributed by atoms with Crippen LogP contribution in [0.4, 0.5) is 0 Å². The molecule has 0 aromatic heterocycles. The highest BCUT2D eigenvalue weighted by atomic mass is 35.5. The summed E-state index contributed by atoms with van der Waals surface area (Å²) in [5.41, 5.74) is 0. The molecule has 0 saturated heterocycles. The van der Waals surface area contributed by atoms with E-state index in [1.807, 2.05) is 30.3 Å². The molecule has 1 aromatic carbocycles. The normalized spacial score (nSPS) is 12.8. The van der Waals surface area contributed by atoms with E-state index in [9.17, 15) is 0 Å². The van der Waals surface area contributed by atoms with Crippen molar-refractivity contribution >= 4 is 23.4 Å². The van der Waals surface area contributed by atoms with Crippen LogP contribution in [0.25, 0.3) is 0 Å². The quantitative estimate of drug-likeness (QED) is 0.598. The summed E-state index contributed by atoms with van der Waals surface area (Å²) >= 11 is 7.41. The van der Waals surface area contributed by atoms with E-state index < -0.39 is 0 Å². The number of halogens is 1. The molecule has 0 spiro atoms. The third-order valence-corrected chi connectivity index (χ3v) is 3.02. The molecule has 1 atom stereocenters. The lowest BCUT2D eigenvalue weighted by Crippen LogP contribution is -2.06. The molecule has 0 saturated carbocycles. The first-order chi connectivity index (χ1) is 5.83. The minimum Gasteiger partial charge on any atom is -0.395 e. The number of hydrogen-bond donors (Lipinski definition) is 1. The standard InChI is InChI=1S/C9H11ClOS/c10-8(6-11)7-12-9-4-2-1-3-5-9/h1-5,8,11H,6-7H2. The molecule has 1 unspecified atom stereocenters. The molecule has 0 aliphatic rings. The second-order valence-corrected chi connectivity index (χ2v) is 4.11. The summed E-state index contributed by atoms with van der Waals surface area (Å²) in [6.45, 7) is 0.0430. The van der Waals surface area contributed by atoms with Gasteiger partial charge in [0.1, 0.15) is 0 Å². The van der Waals surface area contributed by atoms with Crippen LogP contribution in [0.1, 0.15) is 0 Å². The van der Waals surface area contributed by atoms with Crippen molar-refractivity contribution in [2.24, 2.45) is 0 Å². The minimum atomic E-state index is -0.143. The molecule has 0 aliphatic heterocycles. The molecule has 66 valence electrons. The van der Waals surface area contributed by atoms with Gasteiger partial charge in [-0.3, -0.25) is 0 Å². The van der Waals surface area contributed by atoms with Crippen molar-refractivity contribution in [2.45, 2.75) is 10.3 Å². The maximum atomic E-state index is 8.67. The highest BCUT2D eigenvalue weighted by Gasteiger charge is 2.02. The average Bonchev–Trinajstić information content (AvgIpc) is 2.16. The second kappa shape index (κ2) is 5.46. The van der Waals surface area contributed by atoms with Gasteiger partial charge in [0.15, 0.2) is 0 Å². The number of alkyl halides is 1. The molecule has 0 amide bonds. The highest BCUT2D eigenvalue weighted by molar-refractivity contribution is 7.99. The first kappa shape index (κ1) is 9.90. The van der Waals surface area contributed by atoms with Gasteiger partial charge in [0.05, 0.1) is 12.0 Å². The summed E-state index contributed by atoms with van der Waals surface area (Å²) in [7, 11) is 0. The van der Waals surface area contributed by atoms with E-state index in [1.165, 1.54) is 4.90 Å². The first-order valence-electron chi connectivity index (χ1n) is 3.75. The Morgan fingerprint density at radius 1 is 1.33 bits per heavy atom. The van der Waals surface area contributed by atoms with Crippen molar-refractivity contribution in [1.29, 1.82) is 0 Å². The molecular weight excluding hydrogens is 192 g/mol. The Bertz CT molecular complexity index is 215. The summed E-state index contributed by atoms with van der Waals surface area (Å²) in [5, 5.41) is 8.52. The van der Waals surface area contributed by atoms with Crippen LogP contribution in [0.3, 0.4) is 0 Å². The summed E-state index contributed by atoms with van der Waals surface area (Å²) in [4.78, 5) is 1.19. The van der Waals surface area contributed by atoms with E-state index in [4.69, 9.17) is 16.7 Å². The van der Waals surface area contributed by atoms with Crippen molar-refractivity contribution in [3.63, 3.8) is 0 Å². The van der Waals surface area contributed by atoms with Gasteiger partial charge in [-0.05, 0) is 12.1 Å². The maximum absolute atomic E-state index is 8.67. The topological polar surface area (TPSA) is 20.2 Å². The fraction of sp³-hybridized carbons (Fsp3) is 0.333. The predicted octanol–water partition coefficient (Wildman–Crippen LogP) is 2.38. The van der Waals surface area contributed by atoms with E-state index >= 15 is 0 Å². The maximum Gasteiger partial charge on any atom is 0.0660 e. The van der Waals surface area contributed by atoms with E-state index in [-0.39, 0.29) is 12.0 Å². The number of hydrogen-bond acceptors (Lipinski definition) is 2. The lowest BCUT2D eigenvalue weighted by atomic mass is 10.4. The Hall–Kier alpha value is -0.180. The van der Waals surface area contributed by atoms with Gasteiger partial charge in [0, 0.05) is 10.6 Å². The number of thioether (sulfide) groups is 1. The number of rotatable bonds is 4. The van der Waals surface area contributed by atoms with Gasteiger partial charge in [-0.15, -0.1) is 23.4 Å². The van der Waals surface area contributed by atoms with E-state index in [1.54, 1.807) is 11.8 Å². The Morgan fingerprint density at radius 2 is 2.00 bits per heavy atom. The molecule has 0 radical (unpaired) electrons. The lowest BCUT2D eigenvalue weighted by molar-refractivity contribution is 0.299. The van der Waals surface area contributed by atoms with Crippen LogP contribution in [0, 0.1) is 0 Å². The van der Waals surface area contributed by atoms with Gasteiger partial charge in [0.2, 0.25) is 0 Å². The highest BCUT2D eigenvalue weighted by Crippen LogP contribution is 2.19. The van der Waals surface area contributed by atoms with Gasteiger partial charge < -0.3 is 5.11 Å². The smallest absolute Gasteiger partial charge is 0.0660 e. The molecule has 1 nitrogen and oxygen atoms in total. The molecule has 0 bridgehead atoms. The molecule has 0 heterocycles. The van der Waals surface area contributed by atoms with Crippen molar-refractivity contribution in [2.75, 3.05) is 12.4 Å². The zero-order chi connectivity index (χ0) is 8.81. The van der Waals surface area contributed by atoms with E-state index in [0.29, 0.717) is 0 Å². The van der Waals surface area contributed by atoms with Crippen LogP contribution in [0.5, 0.6) is 0 Å². The summed E-state index contributed by atoms with van der Waals surface area (Å²) in [6.07, 6.45) is 0. The third-order valence-electron chi connectivity index (χ3n) is 1.37. The van der Waals surface area contributed by atoms with Gasteiger partial charge >= 0.3 is 0 Å². The third kappa shape index (κ3) is 3.48. The average molecular weight is 203 g/mol. The molecule has 1 rings (SSSR count). The Balaban J connectivity index is 2.33. The second-order valence-electron chi connectivity index (χ2n) is 2.40. The fourth-order valence-corrected chi connectivity index (χ4v) is 1.77. The number of aliphatic hydroxyl groups is 1. The van der Waals surface area contributed by atoms with Crippen molar-refractivity contribution in [1.82, 2.24) is 0 Å². The van der Waals surface area contributed by atoms with Crippen molar-refractivity contribution in [3.8, 4) is 0 Å².